The Labute approximate surface area is 243 Å². The molecule has 0 unspecified atom stereocenters. The first-order chi connectivity index (χ1) is 19.9. The highest BCUT2D eigenvalue weighted by molar-refractivity contribution is 5.95. The van der Waals surface area contributed by atoms with Crippen molar-refractivity contribution in [1.82, 2.24) is 4.90 Å². The number of ether oxygens (including phenoxy) is 2. The summed E-state index contributed by atoms with van der Waals surface area (Å²) < 4.78 is 10.9. The molecule has 1 aliphatic heterocycles. The molecule has 2 atom stereocenters. The minimum atomic E-state index is -0.178. The summed E-state index contributed by atoms with van der Waals surface area (Å²) in [7, 11) is 1.41. The van der Waals surface area contributed by atoms with E-state index in [2.05, 4.69) is 24.3 Å². The fourth-order valence-corrected chi connectivity index (χ4v) is 5.48. The van der Waals surface area contributed by atoms with Gasteiger partial charge in [-0.2, -0.15) is 0 Å². The number of hydrogen-bond donors (Lipinski definition) is 2. The Morgan fingerprint density at radius 3 is 2.27 bits per heavy atom. The van der Waals surface area contributed by atoms with Crippen LogP contribution < -0.4 is 10.5 Å². The van der Waals surface area contributed by atoms with E-state index >= 15 is 0 Å². The third-order valence-electron chi connectivity index (χ3n) is 7.82. The first kappa shape index (κ1) is 29.8. The summed E-state index contributed by atoms with van der Waals surface area (Å²) in [5, 5.41) is 7.56. The number of esters is 1. The van der Waals surface area contributed by atoms with Gasteiger partial charge in [-0.05, 0) is 60.9 Å². The number of amidine groups is 1. The van der Waals surface area contributed by atoms with Crippen LogP contribution in [0.4, 0.5) is 0 Å². The third kappa shape index (κ3) is 8.68. The molecule has 0 radical (unpaired) electrons. The summed E-state index contributed by atoms with van der Waals surface area (Å²) in [6.45, 7) is 1.18. The number of nitrogens with zero attached hydrogens (tertiary/aromatic N) is 1. The number of rotatable bonds is 15. The first-order valence-electron chi connectivity index (χ1n) is 14.5. The van der Waals surface area contributed by atoms with Gasteiger partial charge in [0.1, 0.15) is 18.2 Å². The number of nitrogen functional groups attached to an aromatic ring is 1. The molecule has 7 heteroatoms. The minimum Gasteiger partial charge on any atom is -0.491 e. The Kier molecular flexibility index (Phi) is 10.9. The lowest BCUT2D eigenvalue weighted by molar-refractivity contribution is -0.140. The van der Waals surface area contributed by atoms with Crippen molar-refractivity contribution in [1.29, 1.82) is 5.41 Å². The zero-order chi connectivity index (χ0) is 29.0. The van der Waals surface area contributed by atoms with Crippen molar-refractivity contribution < 1.29 is 19.1 Å². The molecule has 0 aromatic heterocycles. The number of amides is 1. The lowest BCUT2D eigenvalue weighted by atomic mass is 9.97. The zero-order valence-corrected chi connectivity index (χ0v) is 23.9. The van der Waals surface area contributed by atoms with Gasteiger partial charge < -0.3 is 20.1 Å². The maximum Gasteiger partial charge on any atom is 0.305 e. The van der Waals surface area contributed by atoms with Crippen molar-refractivity contribution in [3.63, 3.8) is 0 Å². The van der Waals surface area contributed by atoms with E-state index in [9.17, 15) is 9.59 Å². The van der Waals surface area contributed by atoms with E-state index in [4.69, 9.17) is 20.6 Å². The second-order valence-corrected chi connectivity index (χ2v) is 10.7. The molecule has 0 spiro atoms. The number of nitrogens with one attached hydrogen (secondary N) is 1. The fraction of sp³-hybridized carbons (Fsp3) is 0.382. The molecular formula is C34H41N3O4. The van der Waals surface area contributed by atoms with Gasteiger partial charge in [0.2, 0.25) is 5.91 Å². The molecule has 1 saturated heterocycles. The number of benzene rings is 3. The molecule has 4 rings (SSSR count). The van der Waals surface area contributed by atoms with E-state index in [1.54, 1.807) is 0 Å². The zero-order valence-electron chi connectivity index (χ0n) is 23.9. The van der Waals surface area contributed by atoms with Crippen LogP contribution in [0.2, 0.25) is 0 Å². The van der Waals surface area contributed by atoms with E-state index in [-0.39, 0.29) is 29.7 Å². The molecule has 1 aliphatic rings. The highest BCUT2D eigenvalue weighted by Crippen LogP contribution is 2.31. The Balaban J connectivity index is 1.33. The summed E-state index contributed by atoms with van der Waals surface area (Å²) >= 11 is 0. The smallest absolute Gasteiger partial charge is 0.305 e. The number of aryl methyl sites for hydroxylation is 1. The van der Waals surface area contributed by atoms with Gasteiger partial charge in [0, 0.05) is 24.4 Å². The van der Waals surface area contributed by atoms with Gasteiger partial charge in [-0.3, -0.25) is 15.0 Å². The van der Waals surface area contributed by atoms with Crippen LogP contribution in [0.3, 0.4) is 0 Å². The van der Waals surface area contributed by atoms with Crippen LogP contribution in [0, 0.1) is 11.3 Å². The van der Waals surface area contributed by atoms with Gasteiger partial charge in [0.15, 0.2) is 0 Å². The number of carbonyl (C=O) groups excluding carboxylic acids is 2. The Morgan fingerprint density at radius 1 is 0.927 bits per heavy atom. The summed E-state index contributed by atoms with van der Waals surface area (Å²) in [5.41, 5.74) is 9.65. The van der Waals surface area contributed by atoms with Crippen molar-refractivity contribution in [2.75, 3.05) is 20.3 Å². The average molecular weight is 556 g/mol. The summed E-state index contributed by atoms with van der Waals surface area (Å²) in [6.07, 6.45) is 6.54. The predicted molar refractivity (Wildman–Crippen MR) is 162 cm³/mol. The average Bonchev–Trinajstić information content (AvgIpc) is 3.30. The van der Waals surface area contributed by atoms with Crippen LogP contribution in [-0.4, -0.2) is 48.9 Å². The van der Waals surface area contributed by atoms with Crippen LogP contribution in [0.1, 0.15) is 56.1 Å². The molecular weight excluding hydrogens is 514 g/mol. The Hall–Kier alpha value is -4.13. The second-order valence-electron chi connectivity index (χ2n) is 10.7. The molecule has 216 valence electrons. The Bertz CT molecular complexity index is 1280. The van der Waals surface area contributed by atoms with E-state index in [1.165, 1.54) is 12.7 Å². The number of unbranched alkanes of at least 4 members (excludes halogenated alkanes) is 2. The number of hydrogen-bond acceptors (Lipinski definition) is 5. The molecule has 7 nitrogen and oxygen atoms in total. The monoisotopic (exact) mass is 555 g/mol. The molecule has 0 saturated carbocycles. The molecule has 1 heterocycles. The number of nitrogens with two attached hydrogens (primary N) is 1. The standard InChI is InChI=1S/C34H41N3O4/c1-40-32(38)13-7-3-6-12-29-23-30(37(34(29)39)22-8-11-25-9-4-2-5-10-25)24-41-31-20-18-27(19-21-31)26-14-16-28(17-15-26)33(35)36/h2,4-5,9-10,14-21,29-30H,3,6-8,11-13,22-24H2,1H3,(H3,35,36)/t29-,30-/m0/s1. The minimum absolute atomic E-state index is 0.00111. The van der Waals surface area contributed by atoms with Crippen LogP contribution in [0.5, 0.6) is 5.75 Å². The van der Waals surface area contributed by atoms with E-state index < -0.39 is 0 Å². The molecule has 3 N–H and O–H groups in total. The van der Waals surface area contributed by atoms with E-state index in [0.29, 0.717) is 18.6 Å². The largest absolute Gasteiger partial charge is 0.491 e. The number of carbonyl (C=O) groups is 2. The van der Waals surface area contributed by atoms with Gasteiger partial charge in [0.25, 0.3) is 0 Å². The van der Waals surface area contributed by atoms with Crippen LogP contribution in [0.25, 0.3) is 11.1 Å². The quantitative estimate of drug-likeness (QED) is 0.104. The van der Waals surface area contributed by atoms with Crippen molar-refractivity contribution in [3.8, 4) is 16.9 Å². The van der Waals surface area contributed by atoms with Gasteiger partial charge in [-0.25, -0.2) is 0 Å². The van der Waals surface area contributed by atoms with Gasteiger partial charge in [-0.15, -0.1) is 0 Å². The van der Waals surface area contributed by atoms with Crippen LogP contribution in [-0.2, 0) is 20.7 Å². The fourth-order valence-electron chi connectivity index (χ4n) is 5.48. The molecule has 3 aromatic rings. The van der Waals surface area contributed by atoms with Crippen molar-refractivity contribution in [2.24, 2.45) is 11.7 Å². The molecule has 1 fully saturated rings. The maximum absolute atomic E-state index is 13.4. The summed E-state index contributed by atoms with van der Waals surface area (Å²) in [6, 6.07) is 26.0. The highest BCUT2D eigenvalue weighted by Gasteiger charge is 2.38. The highest BCUT2D eigenvalue weighted by atomic mass is 16.5. The van der Waals surface area contributed by atoms with Crippen LogP contribution >= 0.6 is 0 Å². The third-order valence-corrected chi connectivity index (χ3v) is 7.82. The van der Waals surface area contributed by atoms with Crippen molar-refractivity contribution in [3.05, 3.63) is 90.0 Å². The lowest BCUT2D eigenvalue weighted by Gasteiger charge is -2.25. The number of methoxy groups -OCH3 is 1. The lowest BCUT2D eigenvalue weighted by Crippen LogP contribution is -2.38. The topological polar surface area (TPSA) is 106 Å². The molecule has 0 aliphatic carbocycles. The normalized spacial score (nSPS) is 16.5. The van der Waals surface area contributed by atoms with Crippen LogP contribution in [0.15, 0.2) is 78.9 Å². The first-order valence-corrected chi connectivity index (χ1v) is 14.5. The second kappa shape index (κ2) is 15.0. The molecule has 1 amide bonds. The molecule has 0 bridgehead atoms. The van der Waals surface area contributed by atoms with Gasteiger partial charge in [-0.1, -0.05) is 79.6 Å². The number of likely N-dealkylation sites (tertiary alicyclic amines) is 1. The van der Waals surface area contributed by atoms with Crippen molar-refractivity contribution >= 4 is 17.7 Å². The molecule has 3 aromatic carbocycles. The SMILES string of the molecule is COC(=O)CCCCC[C@H]1C[C@@H](COc2ccc(-c3ccc(C(=N)N)cc3)cc2)N(CCCc2ccccc2)C1=O. The predicted octanol–water partition coefficient (Wildman–Crippen LogP) is 5.99. The van der Waals surface area contributed by atoms with Crippen molar-refractivity contribution in [2.45, 2.75) is 57.4 Å². The van der Waals surface area contributed by atoms with E-state index in [0.717, 1.165) is 68.4 Å². The van der Waals surface area contributed by atoms with E-state index in [1.807, 2.05) is 59.5 Å². The van der Waals surface area contributed by atoms with Gasteiger partial charge in [0.05, 0.1) is 13.2 Å². The summed E-state index contributed by atoms with van der Waals surface area (Å²) in [5.74, 6) is 0.878. The maximum atomic E-state index is 13.4. The van der Waals surface area contributed by atoms with Gasteiger partial charge >= 0.3 is 5.97 Å². The molecule has 41 heavy (non-hydrogen) atoms. The Morgan fingerprint density at radius 2 is 1.61 bits per heavy atom. The summed E-state index contributed by atoms with van der Waals surface area (Å²) in [4.78, 5) is 26.8.